The highest BCUT2D eigenvalue weighted by Crippen LogP contribution is 2.21. The lowest BCUT2D eigenvalue weighted by atomic mass is 10.0. The fourth-order valence-electron chi connectivity index (χ4n) is 14.2. The summed E-state index contributed by atoms with van der Waals surface area (Å²) >= 11 is 0. The number of rotatable bonds is 82. The van der Waals surface area contributed by atoms with Gasteiger partial charge in [-0.15, -0.1) is 0 Å². The third-order valence-corrected chi connectivity index (χ3v) is 20.7. The number of carbonyl (C=O) groups excluding carboxylic acids is 2. The summed E-state index contributed by atoms with van der Waals surface area (Å²) in [5.41, 5.74) is 0. The highest BCUT2D eigenvalue weighted by atomic mass is 16.5. The predicted octanol–water partition coefficient (Wildman–Crippen LogP) is 28.4. The summed E-state index contributed by atoms with van der Waals surface area (Å²) in [6, 6.07) is -0.538. The highest BCUT2D eigenvalue weighted by Gasteiger charge is 2.20. The molecule has 1 amide bonds. The summed E-state index contributed by atoms with van der Waals surface area (Å²) in [6.07, 6.45) is 102. The molecule has 544 valence electrons. The van der Waals surface area contributed by atoms with E-state index in [2.05, 4.69) is 19.2 Å². The summed E-state index contributed by atoms with van der Waals surface area (Å²) in [6.45, 7) is 5.03. The first-order valence-corrected chi connectivity index (χ1v) is 42.8. The normalized spacial score (nSPS) is 12.4. The second-order valence-corrected chi connectivity index (χ2v) is 29.9. The molecule has 0 heterocycles. The van der Waals surface area contributed by atoms with Crippen molar-refractivity contribution in [2.24, 2.45) is 0 Å². The summed E-state index contributed by atoms with van der Waals surface area (Å²) < 4.78 is 5.52. The van der Waals surface area contributed by atoms with Gasteiger partial charge in [0.05, 0.1) is 25.4 Å². The zero-order valence-electron chi connectivity index (χ0n) is 62.6. The Balaban J connectivity index is 3.30. The third kappa shape index (κ3) is 77.7. The van der Waals surface area contributed by atoms with E-state index >= 15 is 0 Å². The lowest BCUT2D eigenvalue weighted by Crippen LogP contribution is -2.45. The zero-order valence-corrected chi connectivity index (χ0v) is 62.6. The Morgan fingerprint density at radius 2 is 0.451 bits per heavy atom. The molecule has 6 nitrogen and oxygen atoms in total. The van der Waals surface area contributed by atoms with Crippen molar-refractivity contribution in [3.8, 4) is 0 Å². The first-order chi connectivity index (χ1) is 45.0. The Labute approximate surface area is 572 Å². The van der Waals surface area contributed by atoms with E-state index in [0.717, 1.165) is 38.5 Å². The first kappa shape index (κ1) is 89.9. The minimum absolute atomic E-state index is 0.0228. The van der Waals surface area contributed by atoms with Gasteiger partial charge >= 0.3 is 5.97 Å². The van der Waals surface area contributed by atoms with E-state index in [0.29, 0.717) is 25.9 Å². The molecular weight excluding hydrogens is 1110 g/mol. The zero-order chi connectivity index (χ0) is 65.6. The number of carbonyl (C=O) groups is 2. The van der Waals surface area contributed by atoms with Crippen molar-refractivity contribution in [3.05, 3.63) is 0 Å². The van der Waals surface area contributed by atoms with Gasteiger partial charge in [0, 0.05) is 12.8 Å². The number of nitrogens with one attached hydrogen (secondary N) is 1. The molecule has 0 saturated heterocycles. The van der Waals surface area contributed by atoms with Gasteiger partial charge < -0.3 is 20.3 Å². The molecule has 0 saturated carbocycles. The van der Waals surface area contributed by atoms with E-state index in [-0.39, 0.29) is 18.5 Å². The van der Waals surface area contributed by atoms with Gasteiger partial charge in [-0.3, -0.25) is 9.59 Å². The molecule has 0 aliphatic carbocycles. The quantitative estimate of drug-likeness (QED) is 0.0417. The van der Waals surface area contributed by atoms with Crippen LogP contribution in [0.25, 0.3) is 0 Å². The van der Waals surface area contributed by atoms with Gasteiger partial charge in [0.25, 0.3) is 0 Å². The van der Waals surface area contributed by atoms with Crippen LogP contribution >= 0.6 is 0 Å². The molecule has 0 aromatic carbocycles. The minimum Gasteiger partial charge on any atom is -0.466 e. The lowest BCUT2D eigenvalue weighted by Gasteiger charge is -2.22. The van der Waals surface area contributed by atoms with Crippen molar-refractivity contribution < 1.29 is 24.5 Å². The number of amides is 1. The lowest BCUT2D eigenvalue weighted by molar-refractivity contribution is -0.143. The fourth-order valence-corrected chi connectivity index (χ4v) is 14.2. The third-order valence-electron chi connectivity index (χ3n) is 20.7. The topological polar surface area (TPSA) is 95.9 Å². The minimum atomic E-state index is -0.661. The monoisotopic (exact) mass is 1280 g/mol. The number of unbranched alkanes of at least 4 members (excludes halogenated alkanes) is 71. The predicted molar refractivity (Wildman–Crippen MR) is 403 cm³/mol. The Kier molecular flexibility index (Phi) is 80.3. The van der Waals surface area contributed by atoms with Crippen molar-refractivity contribution in [3.63, 3.8) is 0 Å². The van der Waals surface area contributed by atoms with Crippen molar-refractivity contribution in [1.82, 2.24) is 5.32 Å². The van der Waals surface area contributed by atoms with E-state index in [1.54, 1.807) is 0 Å². The van der Waals surface area contributed by atoms with E-state index < -0.39 is 12.1 Å². The maximum absolute atomic E-state index is 12.6. The van der Waals surface area contributed by atoms with Gasteiger partial charge in [-0.1, -0.05) is 470 Å². The number of hydrogen-bond donors (Lipinski definition) is 3. The molecule has 0 rings (SSSR count). The molecule has 0 aliphatic heterocycles. The molecule has 3 N–H and O–H groups in total. The van der Waals surface area contributed by atoms with Crippen LogP contribution in [0.1, 0.15) is 508 Å². The molecule has 0 spiro atoms. The number of hydrogen-bond acceptors (Lipinski definition) is 5. The summed E-state index contributed by atoms with van der Waals surface area (Å²) in [5, 5.41) is 23.5. The van der Waals surface area contributed by atoms with E-state index in [1.165, 1.54) is 437 Å². The maximum Gasteiger partial charge on any atom is 0.305 e. The van der Waals surface area contributed by atoms with Crippen LogP contribution in [0.3, 0.4) is 0 Å². The SMILES string of the molecule is CCCCCCCCCCCCCCCCCCCCCCCCCC(O)C(CO)NC(=O)CCCCCCCCCCCCCCCCCCCCCCCCCCCCCCCCCCCCCOC(=O)CCCCCCCCCCCCCCCCCC. The van der Waals surface area contributed by atoms with E-state index in [1.807, 2.05) is 0 Å². The van der Waals surface area contributed by atoms with Gasteiger partial charge in [0.2, 0.25) is 5.91 Å². The Morgan fingerprint density at radius 3 is 0.670 bits per heavy atom. The number of esters is 1. The van der Waals surface area contributed by atoms with Crippen LogP contribution in [0, 0.1) is 0 Å². The van der Waals surface area contributed by atoms with Gasteiger partial charge in [-0.2, -0.15) is 0 Å². The second kappa shape index (κ2) is 81.3. The van der Waals surface area contributed by atoms with Crippen LogP contribution < -0.4 is 5.32 Å². The van der Waals surface area contributed by atoms with E-state index in [4.69, 9.17) is 4.74 Å². The molecule has 91 heavy (non-hydrogen) atoms. The van der Waals surface area contributed by atoms with Gasteiger partial charge in [0.1, 0.15) is 0 Å². The Morgan fingerprint density at radius 1 is 0.264 bits per heavy atom. The van der Waals surface area contributed by atoms with E-state index in [9.17, 15) is 19.8 Å². The van der Waals surface area contributed by atoms with Crippen LogP contribution in [0.15, 0.2) is 0 Å². The molecule has 0 bridgehead atoms. The van der Waals surface area contributed by atoms with Gasteiger partial charge in [0.15, 0.2) is 0 Å². The molecule has 2 atom stereocenters. The molecule has 0 fully saturated rings. The van der Waals surface area contributed by atoms with Crippen LogP contribution in [0.4, 0.5) is 0 Å². The molecule has 0 aromatic rings. The smallest absolute Gasteiger partial charge is 0.305 e. The number of ether oxygens (including phenoxy) is 1. The molecule has 6 heteroatoms. The molecule has 0 aliphatic rings. The second-order valence-electron chi connectivity index (χ2n) is 29.9. The van der Waals surface area contributed by atoms with Crippen molar-refractivity contribution in [2.75, 3.05) is 13.2 Å². The molecule has 0 radical (unpaired) electrons. The van der Waals surface area contributed by atoms with Gasteiger partial charge in [-0.25, -0.2) is 0 Å². The van der Waals surface area contributed by atoms with Crippen molar-refractivity contribution in [2.45, 2.75) is 520 Å². The Hall–Kier alpha value is -1.14. The standard InChI is InChI=1S/C85H169NO5/c1-3-5-7-9-11-13-15-17-19-21-22-23-37-40-43-46-49-53-57-61-65-69-73-77-83(88)82(81-87)86-84(89)78-74-70-66-62-58-54-50-47-44-41-38-35-33-31-29-27-25-24-26-28-30-32-34-36-39-42-45-48-52-56-60-64-68-72-76-80-91-85(90)79-75-71-67-63-59-55-51-20-18-16-14-12-10-8-6-4-2/h82-83,87-88H,3-81H2,1-2H3,(H,86,89). The highest BCUT2D eigenvalue weighted by molar-refractivity contribution is 5.76. The maximum atomic E-state index is 12.6. The van der Waals surface area contributed by atoms with Gasteiger partial charge in [-0.05, 0) is 25.7 Å². The Bertz CT molecular complexity index is 1340. The summed E-state index contributed by atoms with van der Waals surface area (Å²) in [4.78, 5) is 24.7. The number of aliphatic hydroxyl groups is 2. The molecular formula is C85H169NO5. The first-order valence-electron chi connectivity index (χ1n) is 42.8. The molecule has 0 aromatic heterocycles. The number of aliphatic hydroxyl groups excluding tert-OH is 2. The largest absolute Gasteiger partial charge is 0.466 e. The van der Waals surface area contributed by atoms with Crippen molar-refractivity contribution >= 4 is 11.9 Å². The molecule has 2 unspecified atom stereocenters. The van der Waals surface area contributed by atoms with Crippen LogP contribution in [-0.2, 0) is 14.3 Å². The fraction of sp³-hybridized carbons (Fsp3) is 0.976. The van der Waals surface area contributed by atoms with Crippen LogP contribution in [0.2, 0.25) is 0 Å². The van der Waals surface area contributed by atoms with Crippen molar-refractivity contribution in [1.29, 1.82) is 0 Å². The summed E-state index contributed by atoms with van der Waals surface area (Å²) in [7, 11) is 0. The van der Waals surface area contributed by atoms with Crippen LogP contribution in [0.5, 0.6) is 0 Å². The average molecular weight is 1290 g/mol. The average Bonchev–Trinajstić information content (AvgIpc) is 3.67. The summed E-state index contributed by atoms with van der Waals surface area (Å²) in [5.74, 6) is 0.00493. The van der Waals surface area contributed by atoms with Crippen LogP contribution in [-0.4, -0.2) is 47.4 Å².